The first-order valence-electron chi connectivity index (χ1n) is 6.67. The Bertz CT molecular complexity index is 843. The van der Waals surface area contributed by atoms with Crippen LogP contribution >= 0.6 is 0 Å². The maximum atomic E-state index is 12.0. The van der Waals surface area contributed by atoms with E-state index in [4.69, 9.17) is 0 Å². The van der Waals surface area contributed by atoms with Crippen molar-refractivity contribution in [2.45, 2.75) is 27.3 Å². The minimum absolute atomic E-state index is 0.0798. The van der Waals surface area contributed by atoms with Gasteiger partial charge in [-0.05, 0) is 44.0 Å². The van der Waals surface area contributed by atoms with Crippen LogP contribution in [0.25, 0.3) is 10.9 Å². The molecular formula is C16H17N3O. The summed E-state index contributed by atoms with van der Waals surface area (Å²) in [4.78, 5) is 19.4. The van der Waals surface area contributed by atoms with E-state index >= 15 is 0 Å². The Morgan fingerprint density at radius 2 is 1.95 bits per heavy atom. The van der Waals surface area contributed by atoms with E-state index in [1.165, 1.54) is 16.8 Å². The molecule has 0 saturated carbocycles. The van der Waals surface area contributed by atoms with Crippen LogP contribution in [0.1, 0.15) is 22.6 Å². The highest BCUT2D eigenvalue weighted by Gasteiger charge is 2.08. The minimum Gasteiger partial charge on any atom is -0.344 e. The zero-order valence-corrected chi connectivity index (χ0v) is 11.9. The van der Waals surface area contributed by atoms with Gasteiger partial charge in [-0.1, -0.05) is 12.1 Å². The molecule has 0 bridgehead atoms. The molecule has 102 valence electrons. The van der Waals surface area contributed by atoms with E-state index in [-0.39, 0.29) is 5.56 Å². The molecule has 2 aromatic heterocycles. The number of rotatable bonds is 2. The molecule has 3 rings (SSSR count). The fourth-order valence-corrected chi connectivity index (χ4v) is 2.46. The first kappa shape index (κ1) is 12.7. The summed E-state index contributed by atoms with van der Waals surface area (Å²) in [6.45, 7) is 6.87. The molecule has 4 heteroatoms. The van der Waals surface area contributed by atoms with Gasteiger partial charge in [-0.15, -0.1) is 0 Å². The van der Waals surface area contributed by atoms with Crippen molar-refractivity contribution in [1.29, 1.82) is 0 Å². The van der Waals surface area contributed by atoms with E-state index in [1.807, 2.05) is 18.2 Å². The van der Waals surface area contributed by atoms with E-state index < -0.39 is 0 Å². The molecule has 0 aliphatic heterocycles. The van der Waals surface area contributed by atoms with Gasteiger partial charge in [0.1, 0.15) is 5.82 Å². The quantitative estimate of drug-likeness (QED) is 0.776. The summed E-state index contributed by atoms with van der Waals surface area (Å²) >= 11 is 0. The number of nitrogens with one attached hydrogen (secondary N) is 1. The predicted molar refractivity (Wildman–Crippen MR) is 80.1 cm³/mol. The SMILES string of the molecule is Cc1cn(Cc2nc3ccccc3c(=O)[nH]2)c(C)c1C. The van der Waals surface area contributed by atoms with Crippen molar-refractivity contribution in [2.24, 2.45) is 0 Å². The summed E-state index contributed by atoms with van der Waals surface area (Å²) in [5.41, 5.74) is 4.41. The summed E-state index contributed by atoms with van der Waals surface area (Å²) in [7, 11) is 0. The topological polar surface area (TPSA) is 50.7 Å². The van der Waals surface area contributed by atoms with Crippen LogP contribution in [0, 0.1) is 20.8 Å². The van der Waals surface area contributed by atoms with Gasteiger partial charge in [0, 0.05) is 11.9 Å². The molecule has 0 aliphatic carbocycles. The molecule has 1 aromatic carbocycles. The van der Waals surface area contributed by atoms with Crippen LogP contribution in [0.15, 0.2) is 35.3 Å². The second kappa shape index (κ2) is 4.63. The van der Waals surface area contributed by atoms with E-state index in [0.29, 0.717) is 17.8 Å². The number of aryl methyl sites for hydroxylation is 1. The monoisotopic (exact) mass is 267 g/mol. The standard InChI is InChI=1S/C16H17N3O/c1-10-8-19(12(3)11(10)2)9-15-17-14-7-5-4-6-13(14)16(20)18-15/h4-8H,9H2,1-3H3,(H,17,18,20). The Labute approximate surface area is 117 Å². The number of para-hydroxylation sites is 1. The van der Waals surface area contributed by atoms with Crippen LogP contribution < -0.4 is 5.56 Å². The first-order valence-corrected chi connectivity index (χ1v) is 6.67. The molecule has 4 nitrogen and oxygen atoms in total. The lowest BCUT2D eigenvalue weighted by molar-refractivity contribution is 0.726. The molecular weight excluding hydrogens is 250 g/mol. The number of aromatic amines is 1. The van der Waals surface area contributed by atoms with Crippen molar-refractivity contribution in [1.82, 2.24) is 14.5 Å². The second-order valence-electron chi connectivity index (χ2n) is 5.18. The summed E-state index contributed by atoms with van der Waals surface area (Å²) in [6, 6.07) is 7.41. The van der Waals surface area contributed by atoms with Gasteiger partial charge in [0.05, 0.1) is 17.4 Å². The number of nitrogens with zero attached hydrogens (tertiary/aromatic N) is 2. The highest BCUT2D eigenvalue weighted by molar-refractivity contribution is 5.77. The van der Waals surface area contributed by atoms with Crippen LogP contribution in [-0.4, -0.2) is 14.5 Å². The van der Waals surface area contributed by atoms with Gasteiger partial charge in [-0.3, -0.25) is 4.79 Å². The number of hydrogen-bond acceptors (Lipinski definition) is 2. The van der Waals surface area contributed by atoms with Gasteiger partial charge >= 0.3 is 0 Å². The summed E-state index contributed by atoms with van der Waals surface area (Å²) in [5, 5.41) is 0.632. The van der Waals surface area contributed by atoms with Gasteiger partial charge in [-0.25, -0.2) is 4.98 Å². The number of aromatic nitrogens is 3. The van der Waals surface area contributed by atoms with Crippen LogP contribution in [-0.2, 0) is 6.54 Å². The molecule has 3 aromatic rings. The van der Waals surface area contributed by atoms with E-state index in [9.17, 15) is 4.79 Å². The molecule has 0 saturated heterocycles. The Kier molecular flexibility index (Phi) is 2.93. The minimum atomic E-state index is -0.0798. The van der Waals surface area contributed by atoms with Crippen LogP contribution in [0.2, 0.25) is 0 Å². The predicted octanol–water partition coefficient (Wildman–Crippen LogP) is 2.70. The lowest BCUT2D eigenvalue weighted by Gasteiger charge is -2.07. The summed E-state index contributed by atoms with van der Waals surface area (Å²) < 4.78 is 2.12. The van der Waals surface area contributed by atoms with Crippen molar-refractivity contribution >= 4 is 10.9 Å². The average molecular weight is 267 g/mol. The molecule has 0 amide bonds. The van der Waals surface area contributed by atoms with Crippen molar-refractivity contribution in [2.75, 3.05) is 0 Å². The number of H-pyrrole nitrogens is 1. The van der Waals surface area contributed by atoms with Crippen LogP contribution in [0.3, 0.4) is 0 Å². The largest absolute Gasteiger partial charge is 0.344 e. The number of hydrogen-bond donors (Lipinski definition) is 1. The van der Waals surface area contributed by atoms with Gasteiger partial charge in [-0.2, -0.15) is 0 Å². The molecule has 0 radical (unpaired) electrons. The fraction of sp³-hybridized carbons (Fsp3) is 0.250. The number of fused-ring (bicyclic) bond motifs is 1. The number of benzene rings is 1. The smallest absolute Gasteiger partial charge is 0.258 e. The van der Waals surface area contributed by atoms with Crippen LogP contribution in [0.4, 0.5) is 0 Å². The van der Waals surface area contributed by atoms with Crippen molar-refractivity contribution in [3.63, 3.8) is 0 Å². The Balaban J connectivity index is 2.07. The first-order chi connectivity index (χ1) is 9.56. The molecule has 2 heterocycles. The lowest BCUT2D eigenvalue weighted by Crippen LogP contribution is -2.14. The highest BCUT2D eigenvalue weighted by atomic mass is 16.1. The van der Waals surface area contributed by atoms with Gasteiger partial charge < -0.3 is 9.55 Å². The van der Waals surface area contributed by atoms with Gasteiger partial charge in [0.15, 0.2) is 0 Å². The zero-order chi connectivity index (χ0) is 14.3. The lowest BCUT2D eigenvalue weighted by atomic mass is 10.2. The Morgan fingerprint density at radius 3 is 2.65 bits per heavy atom. The van der Waals surface area contributed by atoms with Crippen molar-refractivity contribution < 1.29 is 0 Å². The Hall–Kier alpha value is -2.36. The average Bonchev–Trinajstić information content (AvgIpc) is 2.66. The highest BCUT2D eigenvalue weighted by Crippen LogP contribution is 2.15. The summed E-state index contributed by atoms with van der Waals surface area (Å²) in [6.07, 6.45) is 2.10. The third kappa shape index (κ3) is 2.03. The molecule has 0 spiro atoms. The van der Waals surface area contributed by atoms with E-state index in [1.54, 1.807) is 6.07 Å². The third-order valence-corrected chi connectivity index (χ3v) is 3.90. The van der Waals surface area contributed by atoms with Gasteiger partial charge in [0.2, 0.25) is 0 Å². The Morgan fingerprint density at radius 1 is 1.20 bits per heavy atom. The summed E-state index contributed by atoms with van der Waals surface area (Å²) in [5.74, 6) is 0.687. The molecule has 20 heavy (non-hydrogen) atoms. The molecule has 0 aliphatic rings. The zero-order valence-electron chi connectivity index (χ0n) is 11.9. The van der Waals surface area contributed by atoms with Crippen molar-refractivity contribution in [3.05, 3.63) is 63.5 Å². The molecule has 0 atom stereocenters. The molecule has 0 unspecified atom stereocenters. The molecule has 0 fully saturated rings. The third-order valence-electron chi connectivity index (χ3n) is 3.90. The maximum absolute atomic E-state index is 12.0. The second-order valence-corrected chi connectivity index (χ2v) is 5.18. The van der Waals surface area contributed by atoms with E-state index in [2.05, 4.69) is 41.5 Å². The van der Waals surface area contributed by atoms with E-state index in [0.717, 1.165) is 5.52 Å². The van der Waals surface area contributed by atoms with Crippen LogP contribution in [0.5, 0.6) is 0 Å². The fourth-order valence-electron chi connectivity index (χ4n) is 2.46. The van der Waals surface area contributed by atoms with Crippen molar-refractivity contribution in [3.8, 4) is 0 Å². The molecule has 1 N–H and O–H groups in total. The normalized spacial score (nSPS) is 11.2. The maximum Gasteiger partial charge on any atom is 0.258 e. The van der Waals surface area contributed by atoms with Gasteiger partial charge in [0.25, 0.3) is 5.56 Å².